The Balaban J connectivity index is 1.58. The largest absolute Gasteiger partial charge is 0.256 e. The van der Waals surface area contributed by atoms with Crippen LogP contribution in [-0.2, 0) is 5.31 Å². The highest BCUT2D eigenvalue weighted by atomic mass is 14.7. The van der Waals surface area contributed by atoms with Crippen LogP contribution < -0.4 is 0 Å². The Morgan fingerprint density at radius 3 is 2.07 bits per heavy atom. The van der Waals surface area contributed by atoms with Crippen LogP contribution in [0, 0.1) is 5.41 Å². The van der Waals surface area contributed by atoms with Crippen LogP contribution in [0.15, 0.2) is 72.9 Å². The first kappa shape index (κ1) is 18.0. The molecular formula is C25H28BN. The van der Waals surface area contributed by atoms with Gasteiger partial charge in [0.05, 0.1) is 5.69 Å². The Labute approximate surface area is 164 Å². The van der Waals surface area contributed by atoms with Crippen LogP contribution in [0.1, 0.15) is 45.1 Å². The molecule has 1 aliphatic carbocycles. The van der Waals surface area contributed by atoms with Gasteiger partial charge in [0, 0.05) is 11.8 Å². The summed E-state index contributed by atoms with van der Waals surface area (Å²) >= 11 is 0. The van der Waals surface area contributed by atoms with E-state index in [1.807, 2.05) is 12.3 Å². The maximum atomic E-state index is 4.55. The number of pyridine rings is 1. The van der Waals surface area contributed by atoms with Crippen LogP contribution in [-0.4, -0.2) is 12.8 Å². The summed E-state index contributed by atoms with van der Waals surface area (Å²) in [5.41, 5.74) is 6.67. The molecule has 0 aliphatic heterocycles. The van der Waals surface area contributed by atoms with Gasteiger partial charge in [-0.05, 0) is 52.4 Å². The molecule has 2 aromatic carbocycles. The lowest BCUT2D eigenvalue weighted by molar-refractivity contribution is 0.206. The third kappa shape index (κ3) is 3.85. The van der Waals surface area contributed by atoms with Gasteiger partial charge in [-0.3, -0.25) is 4.98 Å². The van der Waals surface area contributed by atoms with E-state index in [4.69, 9.17) is 0 Å². The number of hydrogen-bond acceptors (Lipinski definition) is 1. The molecule has 0 bridgehead atoms. The van der Waals surface area contributed by atoms with Crippen LogP contribution in [0.25, 0.3) is 22.4 Å². The molecule has 1 fully saturated rings. The van der Waals surface area contributed by atoms with E-state index in [9.17, 15) is 0 Å². The molecule has 0 radical (unpaired) electrons. The summed E-state index contributed by atoms with van der Waals surface area (Å²) in [6, 6.07) is 23.9. The van der Waals surface area contributed by atoms with E-state index in [0.717, 1.165) is 11.3 Å². The highest BCUT2D eigenvalue weighted by Gasteiger charge is 2.35. The van der Waals surface area contributed by atoms with Crippen molar-refractivity contribution in [3.63, 3.8) is 0 Å². The standard InChI is InChI=1S/C25H28BN/c1-24(2)13-15-25(26,16-14-24)22-10-8-19(9-11-22)21-12-17-27-23(18-21)20-6-4-3-5-7-20/h3-12,17-18H,13-16,26H2,1-2H3. The van der Waals surface area contributed by atoms with Crippen LogP contribution in [0.2, 0.25) is 0 Å². The van der Waals surface area contributed by atoms with Gasteiger partial charge in [0.15, 0.2) is 0 Å². The molecule has 27 heavy (non-hydrogen) atoms. The third-order valence-corrected chi connectivity index (χ3v) is 6.45. The minimum Gasteiger partial charge on any atom is -0.256 e. The zero-order valence-electron chi connectivity index (χ0n) is 16.7. The molecule has 136 valence electrons. The predicted molar refractivity (Wildman–Crippen MR) is 118 cm³/mol. The minimum atomic E-state index is 0.321. The molecule has 0 atom stereocenters. The fraction of sp³-hybridized carbons (Fsp3) is 0.320. The van der Waals surface area contributed by atoms with Crippen LogP contribution in [0.4, 0.5) is 0 Å². The van der Waals surface area contributed by atoms with Gasteiger partial charge in [0.1, 0.15) is 7.85 Å². The van der Waals surface area contributed by atoms with Crippen LogP contribution in [0.5, 0.6) is 0 Å². The fourth-order valence-corrected chi connectivity index (χ4v) is 4.21. The van der Waals surface area contributed by atoms with Gasteiger partial charge in [0.2, 0.25) is 0 Å². The molecule has 2 heteroatoms. The van der Waals surface area contributed by atoms with E-state index in [2.05, 4.69) is 87.3 Å². The lowest BCUT2D eigenvalue weighted by Gasteiger charge is -2.42. The van der Waals surface area contributed by atoms with E-state index in [1.54, 1.807) is 0 Å². The topological polar surface area (TPSA) is 12.9 Å². The summed E-state index contributed by atoms with van der Waals surface area (Å²) < 4.78 is 0. The predicted octanol–water partition coefficient (Wildman–Crippen LogP) is 5.84. The minimum absolute atomic E-state index is 0.321. The van der Waals surface area contributed by atoms with Gasteiger partial charge in [-0.25, -0.2) is 0 Å². The Kier molecular flexibility index (Phi) is 4.67. The maximum Gasteiger partial charge on any atom is 0.115 e. The van der Waals surface area contributed by atoms with Crippen molar-refractivity contribution in [3.8, 4) is 22.4 Å². The lowest BCUT2D eigenvalue weighted by Crippen LogP contribution is -2.35. The van der Waals surface area contributed by atoms with Crippen molar-refractivity contribution < 1.29 is 0 Å². The van der Waals surface area contributed by atoms with Gasteiger partial charge >= 0.3 is 0 Å². The summed E-state index contributed by atoms with van der Waals surface area (Å²) in [4.78, 5) is 4.55. The highest BCUT2D eigenvalue weighted by Crippen LogP contribution is 2.45. The molecule has 1 nitrogen and oxygen atoms in total. The summed E-state index contributed by atoms with van der Waals surface area (Å²) in [7, 11) is 2.44. The quantitative estimate of drug-likeness (QED) is 0.539. The fourth-order valence-electron chi connectivity index (χ4n) is 4.21. The molecule has 0 spiro atoms. The van der Waals surface area contributed by atoms with Crippen LogP contribution in [0.3, 0.4) is 0 Å². The normalized spacial score (nSPS) is 18.1. The van der Waals surface area contributed by atoms with E-state index in [1.165, 1.54) is 42.4 Å². The van der Waals surface area contributed by atoms with Crippen molar-refractivity contribution >= 4 is 7.85 Å². The number of benzene rings is 2. The molecule has 0 saturated heterocycles. The Bertz CT molecular complexity index is 903. The van der Waals surface area contributed by atoms with E-state index >= 15 is 0 Å². The summed E-state index contributed by atoms with van der Waals surface area (Å²) in [6.07, 6.45) is 7.11. The molecular weight excluding hydrogens is 325 g/mol. The van der Waals surface area contributed by atoms with Gasteiger partial charge in [0.25, 0.3) is 0 Å². The number of hydrogen-bond donors (Lipinski definition) is 0. The molecule has 0 amide bonds. The Morgan fingerprint density at radius 2 is 1.41 bits per heavy atom. The van der Waals surface area contributed by atoms with Crippen molar-refractivity contribution in [1.82, 2.24) is 4.98 Å². The van der Waals surface area contributed by atoms with Crippen LogP contribution >= 0.6 is 0 Å². The average Bonchev–Trinajstić information content (AvgIpc) is 2.71. The SMILES string of the molecule is BC1(c2ccc(-c3ccnc(-c4ccccc4)c3)cc2)CCC(C)(C)CC1. The Morgan fingerprint density at radius 1 is 0.741 bits per heavy atom. The molecule has 1 heterocycles. The van der Waals surface area contributed by atoms with E-state index in [0.29, 0.717) is 10.7 Å². The Hall–Kier alpha value is -2.35. The first-order valence-corrected chi connectivity index (χ1v) is 10.1. The van der Waals surface area contributed by atoms with Gasteiger partial charge in [-0.15, -0.1) is 0 Å². The second kappa shape index (κ2) is 7.00. The second-order valence-corrected chi connectivity index (χ2v) is 9.10. The molecule has 3 aromatic rings. The average molecular weight is 353 g/mol. The number of aromatic nitrogens is 1. The smallest absolute Gasteiger partial charge is 0.115 e. The summed E-state index contributed by atoms with van der Waals surface area (Å²) in [6.45, 7) is 4.81. The number of rotatable bonds is 3. The first-order chi connectivity index (χ1) is 13.0. The van der Waals surface area contributed by atoms with Crippen molar-refractivity contribution in [2.24, 2.45) is 5.41 Å². The molecule has 0 N–H and O–H groups in total. The van der Waals surface area contributed by atoms with Gasteiger partial charge in [-0.2, -0.15) is 0 Å². The maximum absolute atomic E-state index is 4.55. The molecule has 1 aliphatic rings. The second-order valence-electron chi connectivity index (χ2n) is 9.10. The molecule has 4 rings (SSSR count). The monoisotopic (exact) mass is 353 g/mol. The van der Waals surface area contributed by atoms with Crippen molar-refractivity contribution in [2.75, 3.05) is 0 Å². The zero-order valence-corrected chi connectivity index (χ0v) is 16.7. The molecule has 0 unspecified atom stereocenters. The molecule has 1 saturated carbocycles. The molecule has 1 aromatic heterocycles. The number of nitrogens with zero attached hydrogens (tertiary/aromatic N) is 1. The van der Waals surface area contributed by atoms with Crippen molar-refractivity contribution in [2.45, 2.75) is 44.8 Å². The first-order valence-electron chi connectivity index (χ1n) is 10.1. The van der Waals surface area contributed by atoms with E-state index in [-0.39, 0.29) is 0 Å². The van der Waals surface area contributed by atoms with E-state index < -0.39 is 0 Å². The zero-order chi connectivity index (χ0) is 18.9. The van der Waals surface area contributed by atoms with Crippen molar-refractivity contribution in [1.29, 1.82) is 0 Å². The summed E-state index contributed by atoms with van der Waals surface area (Å²) in [5.74, 6) is 0. The third-order valence-electron chi connectivity index (χ3n) is 6.45. The van der Waals surface area contributed by atoms with Gasteiger partial charge < -0.3 is 0 Å². The van der Waals surface area contributed by atoms with Crippen molar-refractivity contribution in [3.05, 3.63) is 78.5 Å². The van der Waals surface area contributed by atoms with Gasteiger partial charge in [-0.1, -0.05) is 81.3 Å². The lowest BCUT2D eigenvalue weighted by atomic mass is 9.53. The summed E-state index contributed by atoms with van der Waals surface area (Å²) in [5, 5.41) is 0.321. The highest BCUT2D eigenvalue weighted by molar-refractivity contribution is 6.16.